The van der Waals surface area contributed by atoms with Gasteiger partial charge in [-0.15, -0.1) is 0 Å². The number of carboxylic acid groups (broad SMARTS) is 1. The smallest absolute Gasteiger partial charge is 0.314 e. The van der Waals surface area contributed by atoms with E-state index in [0.29, 0.717) is 13.0 Å². The van der Waals surface area contributed by atoms with Crippen molar-refractivity contribution in [1.29, 1.82) is 0 Å². The first-order valence-corrected chi connectivity index (χ1v) is 7.27. The van der Waals surface area contributed by atoms with E-state index in [2.05, 4.69) is 10.6 Å². The number of carbonyl (C=O) groups excluding carboxylic acids is 1. The second kappa shape index (κ2) is 9.00. The summed E-state index contributed by atoms with van der Waals surface area (Å²) in [5.41, 5.74) is 1.15. The minimum absolute atomic E-state index is 0.157. The van der Waals surface area contributed by atoms with Gasteiger partial charge in [0.2, 0.25) is 0 Å². The number of benzene rings is 1. The summed E-state index contributed by atoms with van der Waals surface area (Å²) < 4.78 is 0. The molecule has 5 heteroatoms. The number of urea groups is 1. The number of amides is 2. The molecular formula is C16H24N2O3. The summed E-state index contributed by atoms with van der Waals surface area (Å²) in [7, 11) is 0. The molecule has 0 radical (unpaired) electrons. The van der Waals surface area contributed by atoms with Crippen molar-refractivity contribution >= 4 is 12.0 Å². The van der Waals surface area contributed by atoms with Crippen LogP contribution in [0.2, 0.25) is 0 Å². The van der Waals surface area contributed by atoms with Crippen LogP contribution in [0.4, 0.5) is 4.79 Å². The van der Waals surface area contributed by atoms with Crippen LogP contribution in [-0.4, -0.2) is 30.2 Å². The Labute approximate surface area is 125 Å². The number of hydrogen-bond acceptors (Lipinski definition) is 2. The first-order valence-electron chi connectivity index (χ1n) is 7.27. The fourth-order valence-electron chi connectivity index (χ4n) is 2.08. The van der Waals surface area contributed by atoms with Crippen LogP contribution in [0.3, 0.4) is 0 Å². The maximum Gasteiger partial charge on any atom is 0.314 e. The Morgan fingerprint density at radius 3 is 2.38 bits per heavy atom. The molecule has 0 saturated heterocycles. The van der Waals surface area contributed by atoms with Crippen LogP contribution in [0.1, 0.15) is 25.8 Å². The van der Waals surface area contributed by atoms with E-state index in [0.717, 1.165) is 12.0 Å². The average molecular weight is 292 g/mol. The number of rotatable bonds is 8. The van der Waals surface area contributed by atoms with Crippen LogP contribution in [0.5, 0.6) is 0 Å². The molecule has 1 aromatic rings. The van der Waals surface area contributed by atoms with Crippen LogP contribution >= 0.6 is 0 Å². The summed E-state index contributed by atoms with van der Waals surface area (Å²) in [6.45, 7) is 4.62. The molecule has 0 heterocycles. The molecule has 116 valence electrons. The van der Waals surface area contributed by atoms with E-state index < -0.39 is 11.9 Å². The molecule has 0 fully saturated rings. The van der Waals surface area contributed by atoms with Crippen LogP contribution in [0, 0.1) is 11.8 Å². The van der Waals surface area contributed by atoms with Gasteiger partial charge in [0.25, 0.3) is 0 Å². The van der Waals surface area contributed by atoms with E-state index in [1.807, 2.05) is 44.2 Å². The van der Waals surface area contributed by atoms with E-state index in [-0.39, 0.29) is 18.5 Å². The van der Waals surface area contributed by atoms with E-state index in [4.69, 9.17) is 5.11 Å². The zero-order chi connectivity index (χ0) is 15.7. The summed E-state index contributed by atoms with van der Waals surface area (Å²) >= 11 is 0. The zero-order valence-electron chi connectivity index (χ0n) is 12.6. The summed E-state index contributed by atoms with van der Waals surface area (Å²) in [5, 5.41) is 14.4. The highest BCUT2D eigenvalue weighted by atomic mass is 16.4. The lowest BCUT2D eigenvalue weighted by Gasteiger charge is -2.15. The summed E-state index contributed by atoms with van der Waals surface area (Å²) in [5.74, 6) is -1.12. The second-order valence-electron chi connectivity index (χ2n) is 5.54. The number of carboxylic acids is 1. The molecule has 2 amide bonds. The topological polar surface area (TPSA) is 78.4 Å². The first-order chi connectivity index (χ1) is 9.99. The molecule has 0 aromatic heterocycles. The highest BCUT2D eigenvalue weighted by molar-refractivity contribution is 5.75. The van der Waals surface area contributed by atoms with Gasteiger partial charge in [-0.25, -0.2) is 4.79 Å². The van der Waals surface area contributed by atoms with Gasteiger partial charge in [0, 0.05) is 13.1 Å². The van der Waals surface area contributed by atoms with E-state index in [1.54, 1.807) is 0 Å². The third-order valence-corrected chi connectivity index (χ3v) is 3.16. The van der Waals surface area contributed by atoms with Gasteiger partial charge >= 0.3 is 12.0 Å². The van der Waals surface area contributed by atoms with Crippen LogP contribution in [-0.2, 0) is 11.2 Å². The Hall–Kier alpha value is -2.04. The maximum atomic E-state index is 11.6. The lowest BCUT2D eigenvalue weighted by molar-refractivity contribution is -0.142. The van der Waals surface area contributed by atoms with Gasteiger partial charge in [-0.1, -0.05) is 44.2 Å². The van der Waals surface area contributed by atoms with Gasteiger partial charge in [0.05, 0.1) is 5.92 Å². The number of hydrogen-bond donors (Lipinski definition) is 3. The van der Waals surface area contributed by atoms with Gasteiger partial charge in [0.1, 0.15) is 0 Å². The van der Waals surface area contributed by atoms with Crippen molar-refractivity contribution < 1.29 is 14.7 Å². The lowest BCUT2D eigenvalue weighted by atomic mass is 9.97. The minimum Gasteiger partial charge on any atom is -0.481 e. The largest absolute Gasteiger partial charge is 0.481 e. The summed E-state index contributed by atoms with van der Waals surface area (Å²) in [4.78, 5) is 22.7. The van der Waals surface area contributed by atoms with Gasteiger partial charge < -0.3 is 15.7 Å². The van der Waals surface area contributed by atoms with Crippen molar-refractivity contribution in [2.75, 3.05) is 13.1 Å². The molecule has 0 aliphatic heterocycles. The highest BCUT2D eigenvalue weighted by Gasteiger charge is 2.19. The van der Waals surface area contributed by atoms with E-state index in [9.17, 15) is 9.59 Å². The fraction of sp³-hybridized carbons (Fsp3) is 0.500. The van der Waals surface area contributed by atoms with Crippen molar-refractivity contribution in [3.8, 4) is 0 Å². The molecule has 0 aliphatic carbocycles. The standard InChI is InChI=1S/C16H24N2O3/c1-12(2)10-14(15(19)20)11-18-16(21)17-9-8-13-6-4-3-5-7-13/h3-7,12,14H,8-11H2,1-2H3,(H,19,20)(H2,17,18,21). The molecule has 1 unspecified atom stereocenters. The number of nitrogens with one attached hydrogen (secondary N) is 2. The first kappa shape index (κ1) is 17.0. The SMILES string of the molecule is CC(C)CC(CNC(=O)NCCc1ccccc1)C(=O)O. The van der Waals surface area contributed by atoms with Crippen molar-refractivity contribution in [3.05, 3.63) is 35.9 Å². The summed E-state index contributed by atoms with van der Waals surface area (Å²) in [6.07, 6.45) is 1.31. The molecule has 21 heavy (non-hydrogen) atoms. The van der Waals surface area contributed by atoms with Crippen LogP contribution in [0.25, 0.3) is 0 Å². The van der Waals surface area contributed by atoms with Crippen molar-refractivity contribution in [1.82, 2.24) is 10.6 Å². The molecule has 0 aliphatic rings. The Balaban J connectivity index is 2.25. The van der Waals surface area contributed by atoms with E-state index >= 15 is 0 Å². The molecule has 1 atom stereocenters. The number of carbonyl (C=O) groups is 2. The third-order valence-electron chi connectivity index (χ3n) is 3.16. The van der Waals surface area contributed by atoms with Gasteiger partial charge in [-0.05, 0) is 24.3 Å². The fourth-order valence-corrected chi connectivity index (χ4v) is 2.08. The predicted molar refractivity (Wildman–Crippen MR) is 82.1 cm³/mol. The lowest BCUT2D eigenvalue weighted by Crippen LogP contribution is -2.40. The molecule has 1 rings (SSSR count). The average Bonchev–Trinajstić information content (AvgIpc) is 2.44. The quantitative estimate of drug-likeness (QED) is 0.688. The second-order valence-corrected chi connectivity index (χ2v) is 5.54. The molecule has 0 saturated carbocycles. The highest BCUT2D eigenvalue weighted by Crippen LogP contribution is 2.10. The number of aliphatic carboxylic acids is 1. The minimum atomic E-state index is -0.867. The van der Waals surface area contributed by atoms with Crippen molar-refractivity contribution in [3.63, 3.8) is 0 Å². The normalized spacial score (nSPS) is 12.0. The Bertz CT molecular complexity index is 446. The molecule has 5 nitrogen and oxygen atoms in total. The molecule has 3 N–H and O–H groups in total. The van der Waals surface area contributed by atoms with Gasteiger partial charge in [-0.2, -0.15) is 0 Å². The molecule has 0 spiro atoms. The predicted octanol–water partition coefficient (Wildman–Crippen LogP) is 2.28. The van der Waals surface area contributed by atoms with E-state index in [1.165, 1.54) is 0 Å². The summed E-state index contributed by atoms with van der Waals surface area (Å²) in [6, 6.07) is 9.55. The molecule has 0 bridgehead atoms. The molecule has 1 aromatic carbocycles. The zero-order valence-corrected chi connectivity index (χ0v) is 12.6. The third kappa shape index (κ3) is 7.34. The Morgan fingerprint density at radius 1 is 1.14 bits per heavy atom. The monoisotopic (exact) mass is 292 g/mol. The van der Waals surface area contributed by atoms with Crippen molar-refractivity contribution in [2.24, 2.45) is 11.8 Å². The maximum absolute atomic E-state index is 11.6. The molecular weight excluding hydrogens is 268 g/mol. The van der Waals surface area contributed by atoms with Gasteiger partial charge in [0.15, 0.2) is 0 Å². The van der Waals surface area contributed by atoms with Crippen LogP contribution in [0.15, 0.2) is 30.3 Å². The van der Waals surface area contributed by atoms with Crippen LogP contribution < -0.4 is 10.6 Å². The van der Waals surface area contributed by atoms with Crippen molar-refractivity contribution in [2.45, 2.75) is 26.7 Å². The van der Waals surface area contributed by atoms with Gasteiger partial charge in [-0.3, -0.25) is 4.79 Å². The Morgan fingerprint density at radius 2 is 1.81 bits per heavy atom. The Kier molecular flexibility index (Phi) is 7.29.